The molecule has 0 unspecified atom stereocenters. The Morgan fingerprint density at radius 2 is 1.61 bits per heavy atom. The van der Waals surface area contributed by atoms with Gasteiger partial charge in [-0.2, -0.15) is 4.98 Å². The Labute approximate surface area is 196 Å². The van der Waals surface area contributed by atoms with Gasteiger partial charge in [0.2, 0.25) is 11.3 Å². The van der Waals surface area contributed by atoms with E-state index in [0.717, 1.165) is 0 Å². The predicted molar refractivity (Wildman–Crippen MR) is 109 cm³/mol. The molecule has 2 aromatic rings. The van der Waals surface area contributed by atoms with Crippen LogP contribution in [0.15, 0.2) is 11.1 Å². The molecular formula is C10H17N5O17P4. The molecule has 3 heterocycles. The standard InChI is InChI=1S/C10H17N5O17P4/c11-7-13-5-4(6(17)14-7)12-2-15(5)10(35(25,26)27)9(34(22,23)24,32-36(28,29)30)8(18,33(19,20)21)3(1-16)31-10/h2-3,16,18H,1H2,(H2,19,20,21)(H2,22,23,24)(H2,25,26,27)(H2,28,29,30)(H3,11,13,14,17)/t3-,8+,9+,10+/m1/s1. The van der Waals surface area contributed by atoms with Crippen LogP contribution < -0.4 is 11.3 Å². The van der Waals surface area contributed by atoms with Crippen molar-refractivity contribution in [1.29, 1.82) is 0 Å². The van der Waals surface area contributed by atoms with Crippen molar-refractivity contribution in [3.8, 4) is 0 Å². The maximum absolute atomic E-state index is 12.9. The number of phosphoric acid groups is 1. The van der Waals surface area contributed by atoms with E-state index in [0.29, 0.717) is 0 Å². The third-order valence-electron chi connectivity index (χ3n) is 5.11. The van der Waals surface area contributed by atoms with Gasteiger partial charge in [0, 0.05) is 0 Å². The molecule has 0 aromatic carbocycles. The van der Waals surface area contributed by atoms with Gasteiger partial charge < -0.3 is 59.8 Å². The highest BCUT2D eigenvalue weighted by molar-refractivity contribution is 7.61. The molecule has 0 saturated carbocycles. The summed E-state index contributed by atoms with van der Waals surface area (Å²) in [4.78, 5) is 101. The van der Waals surface area contributed by atoms with Gasteiger partial charge in [0.05, 0.1) is 6.61 Å². The lowest BCUT2D eigenvalue weighted by Gasteiger charge is -2.47. The van der Waals surface area contributed by atoms with Crippen molar-refractivity contribution in [3.63, 3.8) is 0 Å². The smallest absolute Gasteiger partial charge is 0.394 e. The second-order valence-electron chi connectivity index (χ2n) is 7.22. The number of H-pyrrole nitrogens is 1. The number of nitrogens with one attached hydrogen (secondary N) is 1. The zero-order valence-electron chi connectivity index (χ0n) is 16.9. The number of aliphatic hydroxyl groups excluding tert-OH is 1. The number of aliphatic hydroxyl groups is 2. The average Bonchev–Trinajstić information content (AvgIpc) is 3.17. The Balaban J connectivity index is 2.77. The van der Waals surface area contributed by atoms with E-state index in [2.05, 4.69) is 14.5 Å². The second-order valence-corrected chi connectivity index (χ2v) is 13.6. The van der Waals surface area contributed by atoms with Crippen LogP contribution in [0.5, 0.6) is 0 Å². The molecule has 1 fully saturated rings. The summed E-state index contributed by atoms with van der Waals surface area (Å²) in [6.07, 6.45) is -2.99. The zero-order chi connectivity index (χ0) is 27.9. The number of rotatable bonds is 7. The topological polar surface area (TPSA) is 379 Å². The number of imidazole rings is 1. The number of hydrogen-bond donors (Lipinski definition) is 12. The van der Waals surface area contributed by atoms with Gasteiger partial charge in [-0.1, -0.05) is 0 Å². The SMILES string of the molecule is Nc1nc2c(ncn2[C@]2(P(=O)(O)O)O[C@H](CO)[C@](O)(P(=O)(O)O)[C@]2(OP(=O)(O)O)P(=O)(O)O)c(=O)[nH]1. The zero-order valence-corrected chi connectivity index (χ0v) is 20.5. The molecule has 26 heteroatoms. The van der Waals surface area contributed by atoms with Crippen LogP contribution in [0.4, 0.5) is 5.95 Å². The molecule has 204 valence electrons. The third kappa shape index (κ3) is 3.71. The number of aromatic nitrogens is 4. The first-order chi connectivity index (χ1) is 16.0. The van der Waals surface area contributed by atoms with Crippen LogP contribution in [0.2, 0.25) is 0 Å². The molecule has 0 spiro atoms. The number of fused-ring (bicyclic) bond motifs is 1. The average molecular weight is 603 g/mol. The van der Waals surface area contributed by atoms with Gasteiger partial charge in [0.25, 0.3) is 16.4 Å². The molecule has 2 aromatic heterocycles. The van der Waals surface area contributed by atoms with Crippen LogP contribution in [-0.2, 0) is 33.0 Å². The number of hydrogen-bond acceptors (Lipinski definition) is 12. The van der Waals surface area contributed by atoms with Crippen LogP contribution in [-0.4, -0.2) is 92.3 Å². The first-order valence-electron chi connectivity index (χ1n) is 8.69. The molecule has 1 saturated heterocycles. The lowest BCUT2D eigenvalue weighted by atomic mass is 10.1. The number of nitrogen functional groups attached to an aromatic ring is 1. The molecule has 1 aliphatic heterocycles. The summed E-state index contributed by atoms with van der Waals surface area (Å²) in [6, 6.07) is 0. The maximum atomic E-state index is 12.9. The normalized spacial score (nSPS) is 30.2. The number of anilines is 1. The Bertz CT molecular complexity index is 1470. The highest BCUT2D eigenvalue weighted by Crippen LogP contribution is 2.85. The highest BCUT2D eigenvalue weighted by atomic mass is 31.2. The van der Waals surface area contributed by atoms with Crippen LogP contribution in [0.1, 0.15) is 0 Å². The van der Waals surface area contributed by atoms with Crippen molar-refractivity contribution in [3.05, 3.63) is 16.7 Å². The largest absolute Gasteiger partial charge is 0.471 e. The van der Waals surface area contributed by atoms with Crippen LogP contribution >= 0.6 is 30.6 Å². The molecule has 1 aliphatic rings. The Hall–Kier alpha value is -1.41. The number of phosphoric ester groups is 1. The van der Waals surface area contributed by atoms with Gasteiger partial charge in [0.1, 0.15) is 12.4 Å². The lowest BCUT2D eigenvalue weighted by Crippen LogP contribution is -2.64. The molecular weight excluding hydrogens is 586 g/mol. The fourth-order valence-corrected chi connectivity index (χ4v) is 10.6. The minimum atomic E-state index is -7.05. The molecule has 22 nitrogen and oxygen atoms in total. The van der Waals surface area contributed by atoms with Crippen LogP contribution in [0, 0.1) is 0 Å². The molecule has 4 atom stereocenters. The second kappa shape index (κ2) is 8.29. The molecule has 36 heavy (non-hydrogen) atoms. The van der Waals surface area contributed by atoms with E-state index in [1.54, 1.807) is 0 Å². The Kier molecular flexibility index (Phi) is 6.72. The summed E-state index contributed by atoms with van der Waals surface area (Å²) in [6.45, 7) is -1.89. The third-order valence-corrected chi connectivity index (χ3v) is 10.6. The van der Waals surface area contributed by atoms with Crippen molar-refractivity contribution in [2.45, 2.75) is 22.3 Å². The highest BCUT2D eigenvalue weighted by Gasteiger charge is 2.93. The summed E-state index contributed by atoms with van der Waals surface area (Å²) in [5.74, 6) is -0.824. The van der Waals surface area contributed by atoms with Crippen molar-refractivity contribution >= 4 is 47.7 Å². The van der Waals surface area contributed by atoms with E-state index in [1.807, 2.05) is 4.98 Å². The van der Waals surface area contributed by atoms with Gasteiger partial charge in [-0.3, -0.25) is 32.6 Å². The summed E-state index contributed by atoms with van der Waals surface area (Å²) >= 11 is 0. The number of aromatic amines is 1. The Morgan fingerprint density at radius 1 is 1.06 bits per heavy atom. The van der Waals surface area contributed by atoms with Gasteiger partial charge in [-0.25, -0.2) is 9.55 Å². The van der Waals surface area contributed by atoms with E-state index in [1.165, 1.54) is 0 Å². The molecule has 0 bridgehead atoms. The Morgan fingerprint density at radius 3 is 2.03 bits per heavy atom. The van der Waals surface area contributed by atoms with E-state index < -0.39 is 82.1 Å². The van der Waals surface area contributed by atoms with Gasteiger partial charge in [-0.05, 0) is 0 Å². The van der Waals surface area contributed by atoms with E-state index in [-0.39, 0.29) is 10.9 Å². The van der Waals surface area contributed by atoms with E-state index in [4.69, 9.17) is 10.5 Å². The van der Waals surface area contributed by atoms with Gasteiger partial charge >= 0.3 is 30.6 Å². The van der Waals surface area contributed by atoms with Gasteiger partial charge in [0.15, 0.2) is 11.2 Å². The minimum Gasteiger partial charge on any atom is -0.394 e. The quantitative estimate of drug-likeness (QED) is 0.133. The first kappa shape index (κ1) is 29.2. The predicted octanol–water partition coefficient (Wildman–Crippen LogP) is -4.27. The van der Waals surface area contributed by atoms with Crippen LogP contribution in [0.25, 0.3) is 11.2 Å². The monoisotopic (exact) mass is 603 g/mol. The lowest BCUT2D eigenvalue weighted by molar-refractivity contribution is -0.117. The van der Waals surface area contributed by atoms with Crippen molar-refractivity contribution in [2.24, 2.45) is 0 Å². The molecule has 0 radical (unpaired) electrons. The minimum absolute atomic E-state index is 0.152. The number of nitrogens with two attached hydrogens (primary N) is 1. The fourth-order valence-electron chi connectivity index (χ4n) is 3.90. The molecule has 0 aliphatic carbocycles. The molecule has 0 amide bonds. The summed E-state index contributed by atoms with van der Waals surface area (Å²) in [5.41, 5.74) is -2.50. The van der Waals surface area contributed by atoms with Crippen molar-refractivity contribution in [1.82, 2.24) is 19.5 Å². The van der Waals surface area contributed by atoms with E-state index >= 15 is 0 Å². The van der Waals surface area contributed by atoms with Crippen LogP contribution in [0.3, 0.4) is 0 Å². The van der Waals surface area contributed by atoms with Gasteiger partial charge in [-0.15, -0.1) is 0 Å². The van der Waals surface area contributed by atoms with Crippen molar-refractivity contribution in [2.75, 3.05) is 12.3 Å². The summed E-state index contributed by atoms with van der Waals surface area (Å²) in [5, 5.41) is 10.8. The van der Waals surface area contributed by atoms with Crippen molar-refractivity contribution < 1.29 is 76.9 Å². The number of ether oxygens (including phenoxy) is 1. The molecule has 13 N–H and O–H groups in total. The summed E-state index contributed by atoms with van der Waals surface area (Å²) < 4.78 is 58.7. The number of nitrogens with zero attached hydrogens (tertiary/aromatic N) is 3. The maximum Gasteiger partial charge on any atom is 0.471 e. The fraction of sp³-hybridized carbons (Fsp3) is 0.500. The van der Waals surface area contributed by atoms with E-state index in [9.17, 15) is 72.4 Å². The molecule has 3 rings (SSSR count). The first-order valence-corrected chi connectivity index (χ1v) is 15.1. The summed E-state index contributed by atoms with van der Waals surface area (Å²) in [7, 11) is -27.0.